The Hall–Kier alpha value is -2.59. The highest BCUT2D eigenvalue weighted by atomic mass is 19.4. The van der Waals surface area contributed by atoms with Gasteiger partial charge in [0.15, 0.2) is 5.82 Å². The third-order valence-electron chi connectivity index (χ3n) is 4.43. The predicted octanol–water partition coefficient (Wildman–Crippen LogP) is 3.11. The molecule has 0 saturated heterocycles. The molecular weight excluding hydrogens is 397 g/mol. The number of nitrogens with zero attached hydrogens (tertiary/aromatic N) is 1. The number of alkyl halides is 3. The van der Waals surface area contributed by atoms with E-state index in [1.807, 2.05) is 0 Å². The zero-order valence-electron chi connectivity index (χ0n) is 15.9. The average molecular weight is 417 g/mol. The summed E-state index contributed by atoms with van der Waals surface area (Å²) in [5.41, 5.74) is -1.69. The third kappa shape index (κ3) is 4.38. The van der Waals surface area contributed by atoms with Gasteiger partial charge in [0.05, 0.1) is 11.2 Å². The summed E-state index contributed by atoms with van der Waals surface area (Å²) in [5, 5.41) is 12.7. The molecule has 1 heterocycles. The molecule has 2 rings (SSSR count). The smallest absolute Gasteiger partial charge is 0.374 e. The summed E-state index contributed by atoms with van der Waals surface area (Å²) in [4.78, 5) is 15.2. The van der Waals surface area contributed by atoms with Crippen molar-refractivity contribution in [1.82, 2.24) is 10.3 Å². The second-order valence-electron chi connectivity index (χ2n) is 7.09. The van der Waals surface area contributed by atoms with Crippen LogP contribution in [-0.4, -0.2) is 28.7 Å². The van der Waals surface area contributed by atoms with E-state index in [0.717, 1.165) is 37.3 Å². The fourth-order valence-electron chi connectivity index (χ4n) is 2.87. The van der Waals surface area contributed by atoms with Crippen molar-refractivity contribution in [2.75, 3.05) is 6.54 Å². The highest BCUT2D eigenvalue weighted by Gasteiger charge is 2.56. The Morgan fingerprint density at radius 3 is 2.17 bits per heavy atom. The summed E-state index contributed by atoms with van der Waals surface area (Å²) in [6.45, 7) is 2.65. The number of aliphatic hydroxyl groups is 1. The van der Waals surface area contributed by atoms with Crippen LogP contribution in [-0.2, 0) is 15.9 Å². The molecule has 1 amide bonds. The van der Waals surface area contributed by atoms with E-state index in [-0.39, 0.29) is 11.1 Å². The van der Waals surface area contributed by atoms with Crippen LogP contribution in [0.25, 0.3) is 11.3 Å². The lowest BCUT2D eigenvalue weighted by atomic mass is 9.88. The molecule has 2 aromatic rings. The number of carbonyl (C=O) groups excluding carboxylic acids is 1. The van der Waals surface area contributed by atoms with E-state index in [1.54, 1.807) is 0 Å². The van der Waals surface area contributed by atoms with Crippen molar-refractivity contribution < 1.29 is 31.9 Å². The van der Waals surface area contributed by atoms with Crippen molar-refractivity contribution in [2.45, 2.75) is 38.1 Å². The molecule has 0 aliphatic heterocycles. The largest absolute Gasteiger partial charge is 0.424 e. The topological polar surface area (TPSA) is 88.2 Å². The fraction of sp³-hybridized carbons (Fsp3) is 0.368. The number of nitrogens with one attached hydrogen (secondary N) is 1. The van der Waals surface area contributed by atoms with Gasteiger partial charge >= 0.3 is 6.18 Å². The van der Waals surface area contributed by atoms with Crippen molar-refractivity contribution in [3.05, 3.63) is 53.2 Å². The lowest BCUT2D eigenvalue weighted by Crippen LogP contribution is -2.49. The minimum Gasteiger partial charge on any atom is -0.374 e. The SMILES string of the molecule is CC(=O)NC(C)(C)c1cc(C(O)(CN)C(F)(F)F)nc(-c2ccc(F)cc2)c1F. The normalized spacial score (nSPS) is 14.4. The average Bonchev–Trinajstić information content (AvgIpc) is 2.59. The number of rotatable bonds is 5. The summed E-state index contributed by atoms with van der Waals surface area (Å²) in [6.07, 6.45) is -5.21. The van der Waals surface area contributed by atoms with Crippen LogP contribution in [0.5, 0.6) is 0 Å². The molecule has 29 heavy (non-hydrogen) atoms. The van der Waals surface area contributed by atoms with Crippen LogP contribution >= 0.6 is 0 Å². The molecule has 0 bridgehead atoms. The van der Waals surface area contributed by atoms with Crippen LogP contribution < -0.4 is 11.1 Å². The van der Waals surface area contributed by atoms with Gasteiger partial charge in [-0.2, -0.15) is 13.2 Å². The van der Waals surface area contributed by atoms with Gasteiger partial charge in [0.25, 0.3) is 0 Å². The Balaban J connectivity index is 2.86. The van der Waals surface area contributed by atoms with E-state index in [9.17, 15) is 27.5 Å². The van der Waals surface area contributed by atoms with Crippen molar-refractivity contribution in [3.63, 3.8) is 0 Å². The number of aromatic nitrogens is 1. The lowest BCUT2D eigenvalue weighted by molar-refractivity contribution is -0.263. The molecule has 1 aromatic heterocycles. The highest BCUT2D eigenvalue weighted by Crippen LogP contribution is 2.40. The Kier molecular flexibility index (Phi) is 6.01. The summed E-state index contributed by atoms with van der Waals surface area (Å²) >= 11 is 0. The van der Waals surface area contributed by atoms with Gasteiger partial charge in [-0.15, -0.1) is 0 Å². The van der Waals surface area contributed by atoms with Crippen molar-refractivity contribution in [1.29, 1.82) is 0 Å². The quantitative estimate of drug-likeness (QED) is 0.653. The molecule has 0 spiro atoms. The number of carbonyl (C=O) groups is 1. The van der Waals surface area contributed by atoms with Gasteiger partial charge < -0.3 is 16.2 Å². The van der Waals surface area contributed by atoms with E-state index in [0.29, 0.717) is 0 Å². The summed E-state index contributed by atoms with van der Waals surface area (Å²) in [6, 6.07) is 4.96. The Bertz CT molecular complexity index is 913. The van der Waals surface area contributed by atoms with Crippen LogP contribution in [0.3, 0.4) is 0 Å². The first-order chi connectivity index (χ1) is 13.2. The molecule has 1 atom stereocenters. The first-order valence-electron chi connectivity index (χ1n) is 8.48. The molecule has 0 fully saturated rings. The molecular formula is C19H20F5N3O2. The number of hydrogen-bond acceptors (Lipinski definition) is 4. The zero-order valence-corrected chi connectivity index (χ0v) is 15.9. The highest BCUT2D eigenvalue weighted by molar-refractivity contribution is 5.74. The van der Waals surface area contributed by atoms with Gasteiger partial charge in [-0.05, 0) is 44.2 Å². The minimum absolute atomic E-state index is 0.0211. The monoisotopic (exact) mass is 417 g/mol. The first kappa shape index (κ1) is 22.7. The van der Waals surface area contributed by atoms with Crippen LogP contribution in [0.4, 0.5) is 22.0 Å². The van der Waals surface area contributed by atoms with E-state index < -0.39 is 52.8 Å². The maximum absolute atomic E-state index is 15.3. The zero-order chi connectivity index (χ0) is 22.2. The summed E-state index contributed by atoms with van der Waals surface area (Å²) in [7, 11) is 0. The van der Waals surface area contributed by atoms with Crippen LogP contribution in [0.15, 0.2) is 30.3 Å². The molecule has 1 aromatic carbocycles. The number of halogens is 5. The molecule has 158 valence electrons. The third-order valence-corrected chi connectivity index (χ3v) is 4.43. The van der Waals surface area contributed by atoms with Gasteiger partial charge in [-0.3, -0.25) is 4.79 Å². The van der Waals surface area contributed by atoms with E-state index in [2.05, 4.69) is 10.3 Å². The molecule has 10 heteroatoms. The van der Waals surface area contributed by atoms with Crippen molar-refractivity contribution in [3.8, 4) is 11.3 Å². The maximum Gasteiger partial charge on any atom is 0.424 e. The standard InChI is InChI=1S/C19H20F5N3O2/c1-10(28)27-17(2,3)13-8-14(18(29,9-25)19(22,23)24)26-16(15(13)21)11-4-6-12(20)7-5-11/h4-8,29H,9,25H2,1-3H3,(H,27,28). The second kappa shape index (κ2) is 7.68. The van der Waals surface area contributed by atoms with Gasteiger partial charge in [0, 0.05) is 24.6 Å². The summed E-state index contributed by atoms with van der Waals surface area (Å²) < 4.78 is 69.1. The van der Waals surface area contributed by atoms with Gasteiger partial charge in [-0.25, -0.2) is 13.8 Å². The Labute approximate surface area is 163 Å². The van der Waals surface area contributed by atoms with E-state index >= 15 is 4.39 Å². The van der Waals surface area contributed by atoms with Gasteiger partial charge in [0.1, 0.15) is 11.5 Å². The molecule has 1 unspecified atom stereocenters. The van der Waals surface area contributed by atoms with E-state index in [1.165, 1.54) is 13.8 Å². The molecule has 0 aliphatic rings. The van der Waals surface area contributed by atoms with Crippen LogP contribution in [0, 0.1) is 11.6 Å². The first-order valence-corrected chi connectivity index (χ1v) is 8.48. The van der Waals surface area contributed by atoms with Gasteiger partial charge in [-0.1, -0.05) is 0 Å². The fourth-order valence-corrected chi connectivity index (χ4v) is 2.87. The molecule has 4 N–H and O–H groups in total. The predicted molar refractivity (Wildman–Crippen MR) is 95.4 cm³/mol. The molecule has 0 saturated carbocycles. The lowest BCUT2D eigenvalue weighted by Gasteiger charge is -2.32. The van der Waals surface area contributed by atoms with E-state index in [4.69, 9.17) is 5.73 Å². The number of benzene rings is 1. The number of pyridine rings is 1. The number of amides is 1. The Morgan fingerprint density at radius 1 is 1.17 bits per heavy atom. The van der Waals surface area contributed by atoms with Gasteiger partial charge in [0.2, 0.25) is 11.5 Å². The molecule has 0 aliphatic carbocycles. The Morgan fingerprint density at radius 2 is 1.72 bits per heavy atom. The van der Waals surface area contributed by atoms with Crippen molar-refractivity contribution >= 4 is 5.91 Å². The van der Waals surface area contributed by atoms with Crippen LogP contribution in [0.2, 0.25) is 0 Å². The number of nitrogens with two attached hydrogens (primary N) is 1. The van der Waals surface area contributed by atoms with Crippen LogP contribution in [0.1, 0.15) is 32.0 Å². The summed E-state index contributed by atoms with van der Waals surface area (Å²) in [5.74, 6) is -2.22. The van der Waals surface area contributed by atoms with Crippen molar-refractivity contribution in [2.24, 2.45) is 5.73 Å². The number of hydrogen-bond donors (Lipinski definition) is 3. The molecule has 5 nitrogen and oxygen atoms in total. The maximum atomic E-state index is 15.3. The minimum atomic E-state index is -5.21. The molecule has 0 radical (unpaired) electrons. The second-order valence-corrected chi connectivity index (χ2v) is 7.09.